The molecule has 0 unspecified atom stereocenters. The Labute approximate surface area is 143 Å². The predicted molar refractivity (Wildman–Crippen MR) is 96.2 cm³/mol. The average Bonchev–Trinajstić information content (AvgIpc) is 2.58. The third-order valence-corrected chi connectivity index (χ3v) is 4.64. The number of anilines is 2. The molecule has 0 atom stereocenters. The fourth-order valence-electron chi connectivity index (χ4n) is 2.97. The summed E-state index contributed by atoms with van der Waals surface area (Å²) in [5, 5.41) is 11.2. The number of carbonyl (C=O) groups is 1. The topological polar surface area (TPSA) is 58.1 Å². The second-order valence-corrected chi connectivity index (χ2v) is 6.60. The lowest BCUT2D eigenvalue weighted by Crippen LogP contribution is -2.33. The smallest absolute Gasteiger partial charge is 0.230 e. The van der Waals surface area contributed by atoms with Crippen molar-refractivity contribution in [2.45, 2.75) is 33.1 Å². The van der Waals surface area contributed by atoms with Gasteiger partial charge in [-0.15, -0.1) is 10.2 Å². The number of aromatic nitrogens is 2. The van der Waals surface area contributed by atoms with Crippen molar-refractivity contribution in [1.82, 2.24) is 10.2 Å². The zero-order valence-electron chi connectivity index (χ0n) is 14.3. The van der Waals surface area contributed by atoms with E-state index in [1.54, 1.807) is 0 Å². The van der Waals surface area contributed by atoms with Crippen molar-refractivity contribution in [1.29, 1.82) is 0 Å². The van der Waals surface area contributed by atoms with Crippen LogP contribution in [0.5, 0.6) is 0 Å². The van der Waals surface area contributed by atoms with Crippen LogP contribution < -0.4 is 10.2 Å². The van der Waals surface area contributed by atoms with Crippen LogP contribution in [-0.2, 0) is 11.2 Å². The van der Waals surface area contributed by atoms with Crippen LogP contribution in [0.4, 0.5) is 11.6 Å². The molecule has 0 bridgehead atoms. The molecule has 0 spiro atoms. The first-order chi connectivity index (χ1) is 11.6. The number of amides is 1. The normalized spacial score (nSPS) is 15.3. The van der Waals surface area contributed by atoms with Crippen molar-refractivity contribution in [2.24, 2.45) is 5.92 Å². The highest BCUT2D eigenvalue weighted by molar-refractivity contribution is 5.91. The minimum Gasteiger partial charge on any atom is -0.355 e. The Bertz CT molecular complexity index is 691. The number of rotatable bonds is 4. The van der Waals surface area contributed by atoms with Crippen LogP contribution in [0.25, 0.3) is 0 Å². The highest BCUT2D eigenvalue weighted by Crippen LogP contribution is 2.21. The Kier molecular flexibility index (Phi) is 5.08. The van der Waals surface area contributed by atoms with Gasteiger partial charge in [0.25, 0.3) is 0 Å². The molecule has 0 radical (unpaired) electrons. The second-order valence-electron chi connectivity index (χ2n) is 6.60. The first-order valence-electron chi connectivity index (χ1n) is 8.55. The maximum absolute atomic E-state index is 12.2. The van der Waals surface area contributed by atoms with Gasteiger partial charge in [0.15, 0.2) is 11.6 Å². The number of aryl methyl sites for hydroxylation is 1. The Hall–Kier alpha value is -2.43. The SMILES string of the molecule is Cc1ccccc1CC(=O)Nc1ccc(N2CCC(C)CC2)nn1. The van der Waals surface area contributed by atoms with E-state index < -0.39 is 0 Å². The molecular formula is C19H24N4O. The first kappa shape index (κ1) is 16.4. The van der Waals surface area contributed by atoms with Gasteiger partial charge in [-0.1, -0.05) is 31.2 Å². The molecule has 5 heteroatoms. The molecule has 1 aromatic carbocycles. The van der Waals surface area contributed by atoms with Gasteiger partial charge in [0.2, 0.25) is 5.91 Å². The molecular weight excluding hydrogens is 300 g/mol. The Morgan fingerprint density at radius 3 is 2.58 bits per heavy atom. The number of piperidine rings is 1. The van der Waals surface area contributed by atoms with Gasteiger partial charge in [-0.25, -0.2) is 0 Å². The van der Waals surface area contributed by atoms with Crippen molar-refractivity contribution >= 4 is 17.5 Å². The van der Waals surface area contributed by atoms with Gasteiger partial charge in [0.05, 0.1) is 6.42 Å². The molecule has 1 saturated heterocycles. The Morgan fingerprint density at radius 1 is 1.17 bits per heavy atom. The summed E-state index contributed by atoms with van der Waals surface area (Å²) in [5.41, 5.74) is 2.15. The summed E-state index contributed by atoms with van der Waals surface area (Å²) in [4.78, 5) is 14.4. The first-order valence-corrected chi connectivity index (χ1v) is 8.55. The number of hydrogen-bond donors (Lipinski definition) is 1. The Balaban J connectivity index is 1.58. The molecule has 1 aliphatic rings. The monoisotopic (exact) mass is 324 g/mol. The van der Waals surface area contributed by atoms with Crippen LogP contribution in [0.3, 0.4) is 0 Å². The minimum absolute atomic E-state index is 0.0712. The summed E-state index contributed by atoms with van der Waals surface area (Å²) < 4.78 is 0. The van der Waals surface area contributed by atoms with E-state index in [0.717, 1.165) is 36.0 Å². The van der Waals surface area contributed by atoms with E-state index in [1.807, 2.05) is 43.3 Å². The van der Waals surface area contributed by atoms with E-state index in [9.17, 15) is 4.79 Å². The number of nitrogens with zero attached hydrogens (tertiary/aromatic N) is 3. The molecule has 126 valence electrons. The van der Waals surface area contributed by atoms with Crippen LogP contribution in [0.2, 0.25) is 0 Å². The van der Waals surface area contributed by atoms with Crippen molar-refractivity contribution < 1.29 is 4.79 Å². The molecule has 1 aliphatic heterocycles. The molecule has 24 heavy (non-hydrogen) atoms. The number of carbonyl (C=O) groups excluding carboxylic acids is 1. The average molecular weight is 324 g/mol. The van der Waals surface area contributed by atoms with Gasteiger partial charge < -0.3 is 10.2 Å². The predicted octanol–water partition coefficient (Wildman–Crippen LogP) is 3.20. The van der Waals surface area contributed by atoms with Gasteiger partial charge in [-0.2, -0.15) is 0 Å². The number of nitrogens with one attached hydrogen (secondary N) is 1. The highest BCUT2D eigenvalue weighted by atomic mass is 16.1. The van der Waals surface area contributed by atoms with Gasteiger partial charge in [-0.3, -0.25) is 4.79 Å². The van der Waals surface area contributed by atoms with Crippen molar-refractivity contribution in [3.8, 4) is 0 Å². The number of benzene rings is 1. The fourth-order valence-corrected chi connectivity index (χ4v) is 2.97. The third kappa shape index (κ3) is 4.10. The molecule has 3 rings (SSSR count). The van der Waals surface area contributed by atoms with E-state index in [2.05, 4.69) is 27.3 Å². The quantitative estimate of drug-likeness (QED) is 0.938. The largest absolute Gasteiger partial charge is 0.355 e. The van der Waals surface area contributed by atoms with E-state index in [4.69, 9.17) is 0 Å². The van der Waals surface area contributed by atoms with E-state index in [-0.39, 0.29) is 5.91 Å². The second kappa shape index (κ2) is 7.43. The van der Waals surface area contributed by atoms with Crippen molar-refractivity contribution in [3.63, 3.8) is 0 Å². The summed E-state index contributed by atoms with van der Waals surface area (Å²) in [5.74, 6) is 2.11. The zero-order valence-corrected chi connectivity index (χ0v) is 14.3. The summed E-state index contributed by atoms with van der Waals surface area (Å²) in [6.45, 7) is 6.34. The molecule has 1 N–H and O–H groups in total. The molecule has 0 aliphatic carbocycles. The maximum atomic E-state index is 12.2. The van der Waals surface area contributed by atoms with Crippen LogP contribution in [0.1, 0.15) is 30.9 Å². The maximum Gasteiger partial charge on any atom is 0.230 e. The lowest BCUT2D eigenvalue weighted by Gasteiger charge is -2.30. The van der Waals surface area contributed by atoms with Crippen LogP contribution in [0, 0.1) is 12.8 Å². The number of hydrogen-bond acceptors (Lipinski definition) is 4. The molecule has 1 amide bonds. The van der Waals surface area contributed by atoms with E-state index in [1.165, 1.54) is 12.8 Å². The van der Waals surface area contributed by atoms with Crippen LogP contribution in [0.15, 0.2) is 36.4 Å². The van der Waals surface area contributed by atoms with Gasteiger partial charge in [-0.05, 0) is 48.9 Å². The summed E-state index contributed by atoms with van der Waals surface area (Å²) in [6.07, 6.45) is 2.73. The van der Waals surface area contributed by atoms with Crippen LogP contribution in [-0.4, -0.2) is 29.2 Å². The molecule has 2 heterocycles. The molecule has 0 saturated carbocycles. The fraction of sp³-hybridized carbons (Fsp3) is 0.421. The lowest BCUT2D eigenvalue weighted by atomic mass is 9.99. The molecule has 2 aromatic rings. The molecule has 5 nitrogen and oxygen atoms in total. The van der Waals surface area contributed by atoms with Gasteiger partial charge >= 0.3 is 0 Å². The highest BCUT2D eigenvalue weighted by Gasteiger charge is 2.17. The lowest BCUT2D eigenvalue weighted by molar-refractivity contribution is -0.115. The van der Waals surface area contributed by atoms with Crippen molar-refractivity contribution in [2.75, 3.05) is 23.3 Å². The van der Waals surface area contributed by atoms with Gasteiger partial charge in [0.1, 0.15) is 0 Å². The summed E-state index contributed by atoms with van der Waals surface area (Å²) in [6, 6.07) is 11.7. The zero-order chi connectivity index (χ0) is 16.9. The van der Waals surface area contributed by atoms with Crippen LogP contribution >= 0.6 is 0 Å². The summed E-state index contributed by atoms with van der Waals surface area (Å²) >= 11 is 0. The summed E-state index contributed by atoms with van der Waals surface area (Å²) in [7, 11) is 0. The Morgan fingerprint density at radius 2 is 1.92 bits per heavy atom. The molecule has 1 fully saturated rings. The van der Waals surface area contributed by atoms with Crippen molar-refractivity contribution in [3.05, 3.63) is 47.5 Å². The third-order valence-electron chi connectivity index (χ3n) is 4.64. The standard InChI is InChI=1S/C19H24N4O/c1-14-9-11-23(12-10-14)18-8-7-17(21-22-18)20-19(24)13-16-6-4-3-5-15(16)2/h3-8,14H,9-13H2,1-2H3,(H,20,21,24). The van der Waals surface area contributed by atoms with Gasteiger partial charge in [0, 0.05) is 13.1 Å². The minimum atomic E-state index is -0.0712. The van der Waals surface area contributed by atoms with E-state index >= 15 is 0 Å². The van der Waals surface area contributed by atoms with E-state index in [0.29, 0.717) is 12.2 Å². The molecule has 1 aromatic heterocycles.